The largest absolute Gasteiger partial charge is 0.490 e. The van der Waals surface area contributed by atoms with Crippen LogP contribution in [0.1, 0.15) is 36.8 Å². The predicted octanol–water partition coefficient (Wildman–Crippen LogP) is 4.80. The molecule has 11 nitrogen and oxygen atoms in total. The summed E-state index contributed by atoms with van der Waals surface area (Å²) in [5.74, 6) is 3.39. The number of hydrazone groups is 1. The van der Waals surface area contributed by atoms with E-state index in [-0.39, 0.29) is 12.3 Å². The van der Waals surface area contributed by atoms with Gasteiger partial charge in [0.1, 0.15) is 30.5 Å². The quantitative estimate of drug-likeness (QED) is 0.161. The van der Waals surface area contributed by atoms with Crippen LogP contribution in [0.2, 0.25) is 0 Å². The molecule has 0 saturated carbocycles. The fraction of sp³-hybridized carbons (Fsp3) is 0.393. The van der Waals surface area contributed by atoms with Crippen LogP contribution in [0.3, 0.4) is 0 Å². The van der Waals surface area contributed by atoms with Crippen LogP contribution in [0, 0.1) is 17.0 Å². The highest BCUT2D eigenvalue weighted by atomic mass is 16.6. The number of ether oxygens (including phenoxy) is 2. The molecule has 2 aliphatic rings. The molecule has 2 aliphatic heterocycles. The normalized spacial score (nSPS) is 15.2. The van der Waals surface area contributed by atoms with Gasteiger partial charge in [-0.25, -0.2) is 0 Å². The summed E-state index contributed by atoms with van der Waals surface area (Å²) in [5, 5.41) is 15.7. The molecular weight excluding hydrogens is 498 g/mol. The van der Waals surface area contributed by atoms with Crippen molar-refractivity contribution in [2.24, 2.45) is 5.10 Å². The number of nitrogens with zero attached hydrogens (tertiary/aromatic N) is 6. The molecule has 0 amide bonds. The third kappa shape index (κ3) is 6.92. The van der Waals surface area contributed by atoms with Gasteiger partial charge in [-0.3, -0.25) is 15.5 Å². The first kappa shape index (κ1) is 26.2. The van der Waals surface area contributed by atoms with Gasteiger partial charge in [0.05, 0.1) is 11.1 Å². The Morgan fingerprint density at radius 3 is 2.46 bits per heavy atom. The van der Waals surface area contributed by atoms with Crippen molar-refractivity contribution in [1.82, 2.24) is 9.97 Å². The highest BCUT2D eigenvalue weighted by Gasteiger charge is 2.20. The van der Waals surface area contributed by atoms with Crippen molar-refractivity contribution < 1.29 is 14.4 Å². The van der Waals surface area contributed by atoms with Crippen molar-refractivity contribution in [2.75, 3.05) is 54.6 Å². The molecule has 0 aliphatic carbocycles. The molecule has 1 N–H and O–H groups in total. The van der Waals surface area contributed by atoms with Crippen LogP contribution in [-0.4, -0.2) is 60.5 Å². The van der Waals surface area contributed by atoms with Crippen LogP contribution in [0.25, 0.3) is 0 Å². The van der Waals surface area contributed by atoms with Gasteiger partial charge in [0.15, 0.2) is 5.82 Å². The predicted molar refractivity (Wildman–Crippen MR) is 151 cm³/mol. The Hall–Kier alpha value is -4.41. The fourth-order valence-corrected chi connectivity index (χ4v) is 4.71. The van der Waals surface area contributed by atoms with Crippen LogP contribution >= 0.6 is 0 Å². The zero-order valence-electron chi connectivity index (χ0n) is 22.1. The van der Waals surface area contributed by atoms with E-state index in [1.807, 2.05) is 37.3 Å². The highest BCUT2D eigenvalue weighted by Crippen LogP contribution is 2.26. The van der Waals surface area contributed by atoms with Crippen molar-refractivity contribution in [2.45, 2.75) is 32.6 Å². The Balaban J connectivity index is 1.29. The summed E-state index contributed by atoms with van der Waals surface area (Å²) < 4.78 is 11.6. The number of aryl methyl sites for hydroxylation is 1. The van der Waals surface area contributed by atoms with Crippen LogP contribution < -0.4 is 24.7 Å². The standard InChI is InChI=1S/C28H33N7O4/c1-21-7-6-8-24(17-21)38-15-16-39-25-10-9-23(35(36)37)18-22(25)20-29-32-26-19-27(33-11-2-3-12-33)31-28(30-26)34-13-4-5-14-34/h6-10,17-20H,2-5,11-16H2,1H3,(H,30,31,32)/b29-20+. The number of benzene rings is 2. The summed E-state index contributed by atoms with van der Waals surface area (Å²) in [6.45, 7) is 6.42. The molecule has 0 bridgehead atoms. The van der Waals surface area contributed by atoms with E-state index in [4.69, 9.17) is 14.5 Å². The second-order valence-electron chi connectivity index (χ2n) is 9.66. The van der Waals surface area contributed by atoms with Crippen molar-refractivity contribution in [3.05, 3.63) is 69.8 Å². The summed E-state index contributed by atoms with van der Waals surface area (Å²) in [4.78, 5) is 24.9. The van der Waals surface area contributed by atoms with Crippen molar-refractivity contribution in [1.29, 1.82) is 0 Å². The van der Waals surface area contributed by atoms with E-state index in [1.165, 1.54) is 18.3 Å². The minimum absolute atomic E-state index is 0.0468. The maximum Gasteiger partial charge on any atom is 0.270 e. The van der Waals surface area contributed by atoms with Crippen LogP contribution in [0.4, 0.5) is 23.3 Å². The van der Waals surface area contributed by atoms with Gasteiger partial charge in [-0.1, -0.05) is 12.1 Å². The van der Waals surface area contributed by atoms with Crippen LogP contribution in [0.5, 0.6) is 11.5 Å². The molecule has 2 aromatic carbocycles. The summed E-state index contributed by atoms with van der Waals surface area (Å²) >= 11 is 0. The van der Waals surface area contributed by atoms with Gasteiger partial charge in [0, 0.05) is 49.9 Å². The number of non-ortho nitro benzene ring substituents is 1. The molecule has 3 aromatic rings. The maximum absolute atomic E-state index is 11.4. The summed E-state index contributed by atoms with van der Waals surface area (Å²) in [6.07, 6.45) is 6.07. The Labute approximate surface area is 227 Å². The number of nitro groups is 1. The number of nitro benzene ring substituents is 1. The van der Waals surface area contributed by atoms with Crippen molar-refractivity contribution in [3.63, 3.8) is 0 Å². The average molecular weight is 532 g/mol. The maximum atomic E-state index is 11.4. The fourth-order valence-electron chi connectivity index (χ4n) is 4.71. The molecule has 0 unspecified atom stereocenters. The molecule has 204 valence electrons. The first-order valence-electron chi connectivity index (χ1n) is 13.3. The summed E-state index contributed by atoms with van der Waals surface area (Å²) in [7, 11) is 0. The molecule has 5 rings (SSSR count). The molecule has 0 atom stereocenters. The number of hydrogen-bond donors (Lipinski definition) is 1. The lowest BCUT2D eigenvalue weighted by atomic mass is 10.2. The van der Waals surface area contributed by atoms with E-state index in [9.17, 15) is 10.1 Å². The van der Waals surface area contributed by atoms with E-state index in [0.29, 0.717) is 29.7 Å². The van der Waals surface area contributed by atoms with Gasteiger partial charge in [0.25, 0.3) is 5.69 Å². The van der Waals surface area contributed by atoms with Gasteiger partial charge in [-0.05, 0) is 56.4 Å². The average Bonchev–Trinajstić information content (AvgIpc) is 3.67. The van der Waals surface area contributed by atoms with Gasteiger partial charge in [-0.2, -0.15) is 15.1 Å². The van der Waals surface area contributed by atoms with Gasteiger partial charge < -0.3 is 19.3 Å². The smallest absolute Gasteiger partial charge is 0.270 e. The van der Waals surface area contributed by atoms with E-state index in [0.717, 1.165) is 69.0 Å². The summed E-state index contributed by atoms with van der Waals surface area (Å²) in [6, 6.07) is 14.1. The van der Waals surface area contributed by atoms with E-state index in [1.54, 1.807) is 6.07 Å². The molecule has 2 fully saturated rings. The van der Waals surface area contributed by atoms with Gasteiger partial charge in [-0.15, -0.1) is 0 Å². The molecule has 2 saturated heterocycles. The topological polar surface area (TPSA) is 118 Å². The second kappa shape index (κ2) is 12.4. The lowest BCUT2D eigenvalue weighted by Crippen LogP contribution is -2.24. The Kier molecular flexibility index (Phi) is 8.35. The first-order valence-corrected chi connectivity index (χ1v) is 13.3. The molecular formula is C28H33N7O4. The van der Waals surface area contributed by atoms with Gasteiger partial charge >= 0.3 is 0 Å². The minimum Gasteiger partial charge on any atom is -0.490 e. The Morgan fingerprint density at radius 1 is 0.974 bits per heavy atom. The third-order valence-corrected chi connectivity index (χ3v) is 6.71. The van der Waals surface area contributed by atoms with Crippen molar-refractivity contribution in [3.8, 4) is 11.5 Å². The van der Waals surface area contributed by atoms with Crippen molar-refractivity contribution >= 4 is 29.5 Å². The van der Waals surface area contributed by atoms with Crippen LogP contribution in [-0.2, 0) is 0 Å². The number of hydrogen-bond acceptors (Lipinski definition) is 10. The lowest BCUT2D eigenvalue weighted by molar-refractivity contribution is -0.384. The third-order valence-electron chi connectivity index (χ3n) is 6.71. The second-order valence-corrected chi connectivity index (χ2v) is 9.66. The van der Waals surface area contributed by atoms with Crippen LogP contribution in [0.15, 0.2) is 53.6 Å². The molecule has 1 aromatic heterocycles. The minimum atomic E-state index is -0.440. The highest BCUT2D eigenvalue weighted by molar-refractivity contribution is 5.85. The van der Waals surface area contributed by atoms with E-state index in [2.05, 4.69) is 25.3 Å². The number of rotatable bonds is 11. The molecule has 3 heterocycles. The lowest BCUT2D eigenvalue weighted by Gasteiger charge is -2.21. The molecule has 0 radical (unpaired) electrons. The Morgan fingerprint density at radius 2 is 1.72 bits per heavy atom. The number of aromatic nitrogens is 2. The molecule has 11 heteroatoms. The molecule has 39 heavy (non-hydrogen) atoms. The van der Waals surface area contributed by atoms with E-state index >= 15 is 0 Å². The zero-order chi connectivity index (χ0) is 27.0. The zero-order valence-corrected chi connectivity index (χ0v) is 22.1. The SMILES string of the molecule is Cc1cccc(OCCOc2ccc([N+](=O)[O-])cc2/C=N/Nc2cc(N3CCCC3)nc(N3CCCC3)n2)c1. The first-order chi connectivity index (χ1) is 19.0. The van der Waals surface area contributed by atoms with E-state index < -0.39 is 4.92 Å². The Bertz CT molecular complexity index is 1290. The number of nitrogens with one attached hydrogen (secondary N) is 1. The number of anilines is 3. The summed E-state index contributed by atoms with van der Waals surface area (Å²) in [5.41, 5.74) is 4.54. The monoisotopic (exact) mass is 531 g/mol. The van der Waals surface area contributed by atoms with Gasteiger partial charge in [0.2, 0.25) is 5.95 Å². The molecule has 0 spiro atoms.